The van der Waals surface area contributed by atoms with E-state index in [0.29, 0.717) is 41.9 Å². The molecule has 0 saturated carbocycles. The first-order chi connectivity index (χ1) is 13.9. The van der Waals surface area contributed by atoms with E-state index >= 15 is 0 Å². The van der Waals surface area contributed by atoms with Gasteiger partial charge in [0.1, 0.15) is 5.82 Å². The Morgan fingerprint density at radius 1 is 1.17 bits per heavy atom. The molecule has 1 aliphatic heterocycles. The number of halogens is 2. The molecule has 4 rings (SSSR count). The van der Waals surface area contributed by atoms with Crippen molar-refractivity contribution in [3.63, 3.8) is 0 Å². The summed E-state index contributed by atoms with van der Waals surface area (Å²) in [6.07, 6.45) is 0.519. The van der Waals surface area contributed by atoms with Crippen LogP contribution >= 0.6 is 0 Å². The zero-order valence-corrected chi connectivity index (χ0v) is 16.0. The largest absolute Gasteiger partial charge is 0.347 e. The number of hydrogen-bond donors (Lipinski definition) is 0. The molecule has 0 aliphatic carbocycles. The number of benzene rings is 1. The van der Waals surface area contributed by atoms with Crippen molar-refractivity contribution in [3.8, 4) is 0 Å². The van der Waals surface area contributed by atoms with Gasteiger partial charge in [-0.2, -0.15) is 4.98 Å². The van der Waals surface area contributed by atoms with Crippen molar-refractivity contribution in [2.45, 2.75) is 38.4 Å². The van der Waals surface area contributed by atoms with Gasteiger partial charge in [-0.15, -0.1) is 0 Å². The summed E-state index contributed by atoms with van der Waals surface area (Å²) in [6.45, 7) is 0.400. The van der Waals surface area contributed by atoms with Crippen LogP contribution in [-0.4, -0.2) is 37.0 Å². The van der Waals surface area contributed by atoms with Crippen LogP contribution in [0, 0.1) is 0 Å². The molecule has 3 heterocycles. The molecule has 0 radical (unpaired) electrons. The van der Waals surface area contributed by atoms with E-state index in [-0.39, 0.29) is 11.7 Å². The predicted octanol–water partition coefficient (Wildman–Crippen LogP) is 2.09. The molecule has 0 N–H and O–H groups in total. The van der Waals surface area contributed by atoms with Crippen LogP contribution in [-0.2, 0) is 20.1 Å². The van der Waals surface area contributed by atoms with Crippen LogP contribution in [0.15, 0.2) is 46.1 Å². The van der Waals surface area contributed by atoms with Gasteiger partial charge in [0, 0.05) is 19.8 Å². The lowest BCUT2D eigenvalue weighted by atomic mass is 10.1. The van der Waals surface area contributed by atoms with E-state index in [1.807, 2.05) is 4.90 Å². The van der Waals surface area contributed by atoms with Gasteiger partial charge in [0.25, 0.3) is 12.0 Å². The topological polar surface area (TPSA) is 73.0 Å². The van der Waals surface area contributed by atoms with Crippen molar-refractivity contribution < 1.29 is 8.78 Å². The quantitative estimate of drug-likeness (QED) is 0.655. The monoisotopic (exact) mass is 401 g/mol. The smallest absolute Gasteiger partial charge is 0.302 e. The van der Waals surface area contributed by atoms with Gasteiger partial charge < -0.3 is 4.57 Å². The summed E-state index contributed by atoms with van der Waals surface area (Å²) >= 11 is 0. The van der Waals surface area contributed by atoms with Gasteiger partial charge in [-0.3, -0.25) is 14.3 Å². The molecule has 3 aromatic rings. The molecule has 9 heteroatoms. The minimum atomic E-state index is -2.66. The number of aryl methyl sites for hydroxylation is 1. The van der Waals surface area contributed by atoms with Gasteiger partial charge in [-0.05, 0) is 37.6 Å². The lowest BCUT2D eigenvalue weighted by Crippen LogP contribution is -2.34. The maximum absolute atomic E-state index is 13.2. The van der Waals surface area contributed by atoms with Crippen LogP contribution in [0.1, 0.15) is 30.4 Å². The van der Waals surface area contributed by atoms with Gasteiger partial charge in [0.05, 0.1) is 29.2 Å². The van der Waals surface area contributed by atoms with Crippen molar-refractivity contribution in [2.24, 2.45) is 7.05 Å². The fraction of sp³-hybridized carbons (Fsp3) is 0.400. The average Bonchev–Trinajstić information content (AvgIpc) is 3.14. The zero-order chi connectivity index (χ0) is 20.5. The van der Waals surface area contributed by atoms with E-state index in [9.17, 15) is 18.4 Å². The predicted molar refractivity (Wildman–Crippen MR) is 104 cm³/mol. The minimum absolute atomic E-state index is 0.295. The van der Waals surface area contributed by atoms with E-state index in [4.69, 9.17) is 0 Å². The van der Waals surface area contributed by atoms with Gasteiger partial charge >= 0.3 is 5.69 Å². The second-order valence-corrected chi connectivity index (χ2v) is 7.23. The van der Waals surface area contributed by atoms with Gasteiger partial charge in [-0.25, -0.2) is 18.6 Å². The fourth-order valence-electron chi connectivity index (χ4n) is 3.86. The second-order valence-electron chi connectivity index (χ2n) is 7.23. The molecule has 1 fully saturated rings. The first kappa shape index (κ1) is 19.4. The summed E-state index contributed by atoms with van der Waals surface area (Å²) in [5.74, 6) is 0.343. The summed E-state index contributed by atoms with van der Waals surface area (Å²) in [5, 5.41) is 0.328. The molecule has 0 amide bonds. The third-order valence-corrected chi connectivity index (χ3v) is 5.27. The molecule has 7 nitrogen and oxygen atoms in total. The average molecular weight is 401 g/mol. The Balaban J connectivity index is 1.76. The zero-order valence-electron chi connectivity index (χ0n) is 16.0. The Hall–Kier alpha value is -2.94. The van der Waals surface area contributed by atoms with E-state index < -0.39 is 18.5 Å². The summed E-state index contributed by atoms with van der Waals surface area (Å²) in [5.41, 5.74) is 0.293. The number of rotatable bonds is 5. The molecule has 1 saturated heterocycles. The molecule has 1 unspecified atom stereocenters. The first-order valence-corrected chi connectivity index (χ1v) is 9.48. The van der Waals surface area contributed by atoms with Crippen molar-refractivity contribution in [1.82, 2.24) is 24.0 Å². The highest BCUT2D eigenvalue weighted by Crippen LogP contribution is 2.32. The third kappa shape index (κ3) is 3.82. The number of hydrogen-bond acceptors (Lipinski definition) is 5. The molecule has 1 atom stereocenters. The number of aromatic nitrogens is 4. The minimum Gasteiger partial charge on any atom is -0.302 e. The summed E-state index contributed by atoms with van der Waals surface area (Å²) in [6, 6.07) is 8.25. The molecule has 1 aliphatic rings. The van der Waals surface area contributed by atoms with E-state index in [0.717, 1.165) is 11.0 Å². The number of alkyl halides is 2. The molecule has 0 bridgehead atoms. The summed E-state index contributed by atoms with van der Waals surface area (Å²) in [4.78, 5) is 35.4. The van der Waals surface area contributed by atoms with Gasteiger partial charge in [-0.1, -0.05) is 12.1 Å². The molecule has 2 aromatic heterocycles. The second kappa shape index (κ2) is 7.82. The lowest BCUT2D eigenvalue weighted by molar-refractivity contribution is 0.120. The number of para-hydroxylation sites is 1. The summed E-state index contributed by atoms with van der Waals surface area (Å²) < 4.78 is 29.0. The standard InChI is InChI=1S/C20H21F2N5O2/c1-25-10-8-13(23-20(25)29)11-26-9-4-7-16(26)18-24-15-6-3-2-5-14(15)19(28)27(18)12-17(21)22/h2-3,5-6,8,10,16-17H,4,7,9,11-12H2,1H3. The molecular formula is C20H21F2N5O2. The highest BCUT2D eigenvalue weighted by Gasteiger charge is 2.31. The Bertz CT molecular complexity index is 1160. The van der Waals surface area contributed by atoms with Crippen molar-refractivity contribution in [3.05, 3.63) is 68.9 Å². The van der Waals surface area contributed by atoms with Crippen LogP contribution in [0.3, 0.4) is 0 Å². The molecular weight excluding hydrogens is 380 g/mol. The maximum atomic E-state index is 13.2. The van der Waals surface area contributed by atoms with Crippen LogP contribution in [0.2, 0.25) is 0 Å². The van der Waals surface area contributed by atoms with Crippen molar-refractivity contribution in [1.29, 1.82) is 0 Å². The van der Waals surface area contributed by atoms with Crippen molar-refractivity contribution in [2.75, 3.05) is 6.54 Å². The highest BCUT2D eigenvalue weighted by molar-refractivity contribution is 5.77. The Labute approximate surface area is 165 Å². The van der Waals surface area contributed by atoms with Gasteiger partial charge in [0.2, 0.25) is 0 Å². The number of nitrogens with zero attached hydrogens (tertiary/aromatic N) is 5. The highest BCUT2D eigenvalue weighted by atomic mass is 19.3. The molecule has 0 spiro atoms. The Kier molecular flexibility index (Phi) is 5.23. The van der Waals surface area contributed by atoms with Crippen LogP contribution in [0.5, 0.6) is 0 Å². The maximum Gasteiger partial charge on any atom is 0.347 e. The Morgan fingerprint density at radius 2 is 1.97 bits per heavy atom. The van der Waals surface area contributed by atoms with Gasteiger partial charge in [0.15, 0.2) is 0 Å². The Morgan fingerprint density at radius 3 is 2.72 bits per heavy atom. The van der Waals surface area contributed by atoms with Crippen LogP contribution in [0.25, 0.3) is 10.9 Å². The number of fused-ring (bicyclic) bond motifs is 1. The van der Waals surface area contributed by atoms with E-state index in [1.54, 1.807) is 43.6 Å². The molecule has 152 valence electrons. The number of likely N-dealkylation sites (tertiary alicyclic amines) is 1. The SMILES string of the molecule is Cn1ccc(CN2CCCC2c2nc3ccccc3c(=O)n2CC(F)F)nc1=O. The normalized spacial score (nSPS) is 17.4. The third-order valence-electron chi connectivity index (χ3n) is 5.27. The van der Waals surface area contributed by atoms with Crippen molar-refractivity contribution >= 4 is 10.9 Å². The lowest BCUT2D eigenvalue weighted by Gasteiger charge is -2.26. The van der Waals surface area contributed by atoms with Crippen LogP contribution < -0.4 is 11.2 Å². The molecule has 29 heavy (non-hydrogen) atoms. The molecule has 1 aromatic carbocycles. The van der Waals surface area contributed by atoms with Crippen LogP contribution in [0.4, 0.5) is 8.78 Å². The summed E-state index contributed by atoms with van der Waals surface area (Å²) in [7, 11) is 1.62. The van der Waals surface area contributed by atoms with E-state index in [2.05, 4.69) is 9.97 Å². The van der Waals surface area contributed by atoms with E-state index in [1.165, 1.54) is 4.57 Å². The first-order valence-electron chi connectivity index (χ1n) is 9.48. The fourth-order valence-corrected chi connectivity index (χ4v) is 3.86.